The summed E-state index contributed by atoms with van der Waals surface area (Å²) in [6.45, 7) is 2.43. The summed E-state index contributed by atoms with van der Waals surface area (Å²) in [5, 5.41) is 8.80. The molecule has 0 radical (unpaired) electrons. The first kappa shape index (κ1) is 14.6. The third-order valence-electron chi connectivity index (χ3n) is 3.20. The maximum absolute atomic E-state index is 5.92. The first-order valence-electron chi connectivity index (χ1n) is 6.99. The predicted molar refractivity (Wildman–Crippen MR) is 85.1 cm³/mol. The van der Waals surface area contributed by atoms with E-state index in [2.05, 4.69) is 10.2 Å². The van der Waals surface area contributed by atoms with E-state index in [4.69, 9.17) is 20.8 Å². The second-order valence-electron chi connectivity index (χ2n) is 4.88. The van der Waals surface area contributed by atoms with Crippen LogP contribution in [0.3, 0.4) is 0 Å². The average Bonchev–Trinajstić information content (AvgIpc) is 2.99. The number of ether oxygens (including phenoxy) is 1. The molecule has 4 nitrogen and oxygen atoms in total. The number of hydrogen-bond donors (Lipinski definition) is 0. The fraction of sp³-hybridized carbons (Fsp3) is 0.176. The first-order valence-corrected chi connectivity index (χ1v) is 7.37. The lowest BCUT2D eigenvalue weighted by atomic mass is 10.2. The van der Waals surface area contributed by atoms with Gasteiger partial charge in [0.25, 0.3) is 0 Å². The summed E-state index contributed by atoms with van der Waals surface area (Å²) >= 11 is 5.92. The Hall–Kier alpha value is -2.33. The molecule has 0 bridgehead atoms. The lowest BCUT2D eigenvalue weighted by Gasteiger charge is -2.07. The summed E-state index contributed by atoms with van der Waals surface area (Å²) in [5.74, 6) is 1.90. The van der Waals surface area contributed by atoms with Crippen LogP contribution >= 0.6 is 11.6 Å². The van der Waals surface area contributed by atoms with Crippen molar-refractivity contribution in [1.29, 1.82) is 0 Å². The fourth-order valence-electron chi connectivity index (χ4n) is 2.08. The Balaban J connectivity index is 1.59. The van der Waals surface area contributed by atoms with Crippen molar-refractivity contribution in [3.8, 4) is 17.2 Å². The lowest BCUT2D eigenvalue weighted by molar-refractivity contribution is 0.305. The van der Waals surface area contributed by atoms with Crippen LogP contribution in [0.15, 0.2) is 52.9 Å². The van der Waals surface area contributed by atoms with Gasteiger partial charge in [-0.3, -0.25) is 0 Å². The van der Waals surface area contributed by atoms with E-state index in [1.54, 1.807) is 0 Å². The van der Waals surface area contributed by atoms with E-state index >= 15 is 0 Å². The van der Waals surface area contributed by atoms with E-state index in [1.807, 2.05) is 55.5 Å². The molecule has 3 aromatic rings. The molecule has 0 fully saturated rings. The molecular formula is C17H15ClN2O2. The van der Waals surface area contributed by atoms with Crippen LogP contribution < -0.4 is 4.74 Å². The molecular weight excluding hydrogens is 300 g/mol. The minimum Gasteiger partial charge on any atom is -0.493 e. The van der Waals surface area contributed by atoms with Gasteiger partial charge in [-0.2, -0.15) is 0 Å². The number of nitrogens with zero attached hydrogens (tertiary/aromatic N) is 2. The highest BCUT2D eigenvalue weighted by molar-refractivity contribution is 6.30. The van der Waals surface area contributed by atoms with Crippen molar-refractivity contribution < 1.29 is 9.15 Å². The van der Waals surface area contributed by atoms with Gasteiger partial charge in [-0.05, 0) is 42.8 Å². The fourth-order valence-corrected chi connectivity index (χ4v) is 2.30. The van der Waals surface area contributed by atoms with Gasteiger partial charge in [-0.1, -0.05) is 29.8 Å². The largest absolute Gasteiger partial charge is 0.493 e. The molecule has 0 unspecified atom stereocenters. The predicted octanol–water partition coefficient (Wildman–Crippen LogP) is 4.32. The molecule has 0 aliphatic heterocycles. The molecule has 2 aromatic carbocycles. The zero-order valence-corrected chi connectivity index (χ0v) is 12.9. The molecule has 1 aromatic heterocycles. The number of aromatic nitrogens is 2. The van der Waals surface area contributed by atoms with Gasteiger partial charge in [0.2, 0.25) is 11.8 Å². The summed E-state index contributed by atoms with van der Waals surface area (Å²) in [4.78, 5) is 0. The molecule has 0 N–H and O–H groups in total. The van der Waals surface area contributed by atoms with Crippen LogP contribution in [-0.2, 0) is 6.42 Å². The standard InChI is InChI=1S/C17H15ClN2O2/c1-12-11-14(18)7-8-15(12)21-10-9-16-19-20-17(22-16)13-5-3-2-4-6-13/h2-8,11H,9-10H2,1H3. The summed E-state index contributed by atoms with van der Waals surface area (Å²) in [7, 11) is 0. The quantitative estimate of drug-likeness (QED) is 0.703. The molecule has 0 aliphatic carbocycles. The Labute approximate surface area is 133 Å². The summed E-state index contributed by atoms with van der Waals surface area (Å²) in [5.41, 5.74) is 1.92. The van der Waals surface area contributed by atoms with Crippen LogP contribution in [0.1, 0.15) is 11.5 Å². The van der Waals surface area contributed by atoms with E-state index in [0.717, 1.165) is 16.9 Å². The highest BCUT2D eigenvalue weighted by Crippen LogP contribution is 2.22. The monoisotopic (exact) mass is 314 g/mol. The molecule has 112 valence electrons. The molecule has 0 aliphatic rings. The van der Waals surface area contributed by atoms with Crippen molar-refractivity contribution in [2.45, 2.75) is 13.3 Å². The SMILES string of the molecule is Cc1cc(Cl)ccc1OCCc1nnc(-c2ccccc2)o1. The van der Waals surface area contributed by atoms with E-state index in [0.29, 0.717) is 29.8 Å². The Bertz CT molecular complexity index is 756. The Kier molecular flexibility index (Phi) is 4.39. The smallest absolute Gasteiger partial charge is 0.247 e. The van der Waals surface area contributed by atoms with Gasteiger partial charge >= 0.3 is 0 Å². The second kappa shape index (κ2) is 6.62. The van der Waals surface area contributed by atoms with E-state index in [-0.39, 0.29) is 0 Å². The third kappa shape index (κ3) is 3.46. The maximum atomic E-state index is 5.92. The van der Waals surface area contributed by atoms with Crippen molar-refractivity contribution in [2.75, 3.05) is 6.61 Å². The summed E-state index contributed by atoms with van der Waals surface area (Å²) in [6.07, 6.45) is 0.557. The highest BCUT2D eigenvalue weighted by Gasteiger charge is 2.08. The number of aryl methyl sites for hydroxylation is 1. The van der Waals surface area contributed by atoms with Crippen LogP contribution in [0.25, 0.3) is 11.5 Å². The van der Waals surface area contributed by atoms with Crippen LogP contribution in [-0.4, -0.2) is 16.8 Å². The molecule has 0 spiro atoms. The van der Waals surface area contributed by atoms with Crippen LogP contribution in [0.2, 0.25) is 5.02 Å². The zero-order valence-electron chi connectivity index (χ0n) is 12.1. The summed E-state index contributed by atoms with van der Waals surface area (Å²) in [6, 6.07) is 15.2. The molecule has 5 heteroatoms. The van der Waals surface area contributed by atoms with Gasteiger partial charge in [-0.25, -0.2) is 0 Å². The van der Waals surface area contributed by atoms with Crippen LogP contribution in [0.5, 0.6) is 5.75 Å². The van der Waals surface area contributed by atoms with Gasteiger partial charge in [-0.15, -0.1) is 10.2 Å². The van der Waals surface area contributed by atoms with Gasteiger partial charge < -0.3 is 9.15 Å². The first-order chi connectivity index (χ1) is 10.7. The lowest BCUT2D eigenvalue weighted by Crippen LogP contribution is -2.02. The van der Waals surface area contributed by atoms with Gasteiger partial charge in [0, 0.05) is 10.6 Å². The second-order valence-corrected chi connectivity index (χ2v) is 5.31. The van der Waals surface area contributed by atoms with Crippen molar-refractivity contribution in [3.05, 3.63) is 65.0 Å². The van der Waals surface area contributed by atoms with E-state index < -0.39 is 0 Å². The van der Waals surface area contributed by atoms with E-state index in [9.17, 15) is 0 Å². The minimum atomic E-state index is 0.471. The van der Waals surface area contributed by atoms with Crippen molar-refractivity contribution >= 4 is 11.6 Å². The van der Waals surface area contributed by atoms with Gasteiger partial charge in [0.15, 0.2) is 0 Å². The van der Waals surface area contributed by atoms with Crippen molar-refractivity contribution in [3.63, 3.8) is 0 Å². The maximum Gasteiger partial charge on any atom is 0.247 e. The number of halogens is 1. The zero-order chi connectivity index (χ0) is 15.4. The molecule has 0 saturated carbocycles. The minimum absolute atomic E-state index is 0.471. The normalized spacial score (nSPS) is 10.6. The molecule has 0 amide bonds. The number of hydrogen-bond acceptors (Lipinski definition) is 4. The van der Waals surface area contributed by atoms with Crippen molar-refractivity contribution in [2.24, 2.45) is 0 Å². The van der Waals surface area contributed by atoms with Gasteiger partial charge in [0.05, 0.1) is 13.0 Å². The summed E-state index contributed by atoms with van der Waals surface area (Å²) < 4.78 is 11.4. The highest BCUT2D eigenvalue weighted by atomic mass is 35.5. The number of rotatable bonds is 5. The Morgan fingerprint density at radius 2 is 1.91 bits per heavy atom. The third-order valence-corrected chi connectivity index (χ3v) is 3.43. The number of benzene rings is 2. The topological polar surface area (TPSA) is 48.2 Å². The van der Waals surface area contributed by atoms with E-state index in [1.165, 1.54) is 0 Å². The Morgan fingerprint density at radius 3 is 2.68 bits per heavy atom. The molecule has 0 saturated heterocycles. The molecule has 1 heterocycles. The van der Waals surface area contributed by atoms with Gasteiger partial charge in [0.1, 0.15) is 5.75 Å². The van der Waals surface area contributed by atoms with Crippen LogP contribution in [0, 0.1) is 6.92 Å². The van der Waals surface area contributed by atoms with Crippen molar-refractivity contribution in [1.82, 2.24) is 10.2 Å². The Morgan fingerprint density at radius 1 is 1.09 bits per heavy atom. The average molecular weight is 315 g/mol. The van der Waals surface area contributed by atoms with Crippen LogP contribution in [0.4, 0.5) is 0 Å². The molecule has 0 atom stereocenters. The molecule has 22 heavy (non-hydrogen) atoms. The molecule has 3 rings (SSSR count).